The van der Waals surface area contributed by atoms with Crippen LogP contribution < -0.4 is 0 Å². The van der Waals surface area contributed by atoms with Crippen molar-refractivity contribution < 1.29 is 4.79 Å². The van der Waals surface area contributed by atoms with Crippen LogP contribution in [0.2, 0.25) is 0 Å². The maximum Gasteiger partial charge on any atom is 0.146 e. The monoisotopic (exact) mass is 220 g/mol. The van der Waals surface area contributed by atoms with Crippen LogP contribution in [-0.4, -0.2) is 16.8 Å². The normalized spacial score (nSPS) is 20.4. The summed E-state index contributed by atoms with van der Waals surface area (Å²) in [6.07, 6.45) is 3.92. The molecular weight excluding hydrogens is 204 g/mol. The van der Waals surface area contributed by atoms with Crippen LogP contribution >= 0.6 is 11.8 Å². The predicted octanol–water partition coefficient (Wildman–Crippen LogP) is 3.08. The molecule has 15 heavy (non-hydrogen) atoms. The molecule has 0 radical (unpaired) electrons. The van der Waals surface area contributed by atoms with Gasteiger partial charge in [-0.05, 0) is 30.6 Å². The van der Waals surface area contributed by atoms with Gasteiger partial charge in [0.25, 0.3) is 0 Å². The Hall–Kier alpha value is -0.760. The molecule has 0 bridgehead atoms. The van der Waals surface area contributed by atoms with E-state index in [0.717, 1.165) is 12.8 Å². The second-order valence-electron chi connectivity index (χ2n) is 3.95. The number of benzene rings is 1. The van der Waals surface area contributed by atoms with Gasteiger partial charge in [0.1, 0.15) is 5.78 Å². The number of thioether (sulfide) groups is 1. The maximum atomic E-state index is 11.8. The van der Waals surface area contributed by atoms with E-state index in [2.05, 4.69) is 12.1 Å². The maximum absolute atomic E-state index is 11.8. The van der Waals surface area contributed by atoms with Crippen molar-refractivity contribution in [3.63, 3.8) is 0 Å². The third kappa shape index (κ3) is 3.10. The molecule has 0 aliphatic carbocycles. The number of Topliss-reactive ketones (excluding diaryl/α,β-unsaturated/α-hetero) is 1. The minimum Gasteiger partial charge on any atom is -0.298 e. The fraction of sp³-hybridized carbons (Fsp3) is 0.462. The number of carbonyl (C=O) groups is 1. The van der Waals surface area contributed by atoms with E-state index in [4.69, 9.17) is 0 Å². The lowest BCUT2D eigenvalue weighted by atomic mass is 10.0. The lowest BCUT2D eigenvalue weighted by Gasteiger charge is -2.06. The first kappa shape index (κ1) is 10.7. The van der Waals surface area contributed by atoms with Crippen molar-refractivity contribution in [1.82, 2.24) is 0 Å². The van der Waals surface area contributed by atoms with Gasteiger partial charge in [0, 0.05) is 6.42 Å². The van der Waals surface area contributed by atoms with Gasteiger partial charge in [0.05, 0.1) is 5.25 Å². The molecule has 0 N–H and O–H groups in total. The van der Waals surface area contributed by atoms with Crippen molar-refractivity contribution in [2.75, 3.05) is 5.75 Å². The van der Waals surface area contributed by atoms with Crippen LogP contribution in [0.15, 0.2) is 30.3 Å². The lowest BCUT2D eigenvalue weighted by Crippen LogP contribution is -2.14. The number of carbonyl (C=O) groups excluding carboxylic acids is 1. The van der Waals surface area contributed by atoms with Gasteiger partial charge in [0.15, 0.2) is 0 Å². The molecule has 1 aromatic rings. The van der Waals surface area contributed by atoms with E-state index in [1.54, 1.807) is 0 Å². The number of rotatable bonds is 4. The average Bonchev–Trinajstić information content (AvgIpc) is 2.81. The molecule has 1 aliphatic heterocycles. The van der Waals surface area contributed by atoms with Gasteiger partial charge >= 0.3 is 0 Å². The van der Waals surface area contributed by atoms with Gasteiger partial charge in [-0.1, -0.05) is 30.3 Å². The van der Waals surface area contributed by atoms with Gasteiger partial charge in [-0.2, -0.15) is 11.8 Å². The molecule has 80 valence electrons. The highest BCUT2D eigenvalue weighted by Gasteiger charge is 2.22. The molecule has 2 rings (SSSR count). The SMILES string of the molecule is O=C(CCc1ccccc1)C1CCCS1. The Kier molecular flexibility index (Phi) is 3.84. The molecule has 0 aromatic heterocycles. The summed E-state index contributed by atoms with van der Waals surface area (Å²) >= 11 is 1.84. The molecule has 0 saturated carbocycles. The molecule has 1 fully saturated rings. The summed E-state index contributed by atoms with van der Waals surface area (Å²) in [6.45, 7) is 0. The summed E-state index contributed by atoms with van der Waals surface area (Å²) in [6, 6.07) is 10.3. The fourth-order valence-electron chi connectivity index (χ4n) is 1.90. The Morgan fingerprint density at radius 1 is 1.33 bits per heavy atom. The van der Waals surface area contributed by atoms with Crippen molar-refractivity contribution in [3.05, 3.63) is 35.9 Å². The van der Waals surface area contributed by atoms with Crippen LogP contribution in [0.1, 0.15) is 24.8 Å². The molecule has 1 nitrogen and oxygen atoms in total. The zero-order valence-electron chi connectivity index (χ0n) is 8.82. The van der Waals surface area contributed by atoms with Crippen LogP contribution in [0.5, 0.6) is 0 Å². The van der Waals surface area contributed by atoms with Crippen molar-refractivity contribution in [1.29, 1.82) is 0 Å². The van der Waals surface area contributed by atoms with E-state index < -0.39 is 0 Å². The number of aryl methyl sites for hydroxylation is 1. The first-order chi connectivity index (χ1) is 7.36. The molecular formula is C13H16OS. The Labute approximate surface area is 95.3 Å². The predicted molar refractivity (Wildman–Crippen MR) is 65.3 cm³/mol. The topological polar surface area (TPSA) is 17.1 Å². The highest BCUT2D eigenvalue weighted by atomic mass is 32.2. The Bertz CT molecular complexity index is 315. The quantitative estimate of drug-likeness (QED) is 0.775. The first-order valence-corrected chi connectivity index (χ1v) is 6.59. The second-order valence-corrected chi connectivity index (χ2v) is 5.26. The first-order valence-electron chi connectivity index (χ1n) is 5.54. The summed E-state index contributed by atoms with van der Waals surface area (Å²) in [4.78, 5) is 11.8. The Morgan fingerprint density at radius 2 is 2.13 bits per heavy atom. The summed E-state index contributed by atoms with van der Waals surface area (Å²) in [5, 5.41) is 0.300. The average molecular weight is 220 g/mol. The van der Waals surface area contributed by atoms with Crippen molar-refractivity contribution in [2.45, 2.75) is 30.9 Å². The number of hydrogen-bond acceptors (Lipinski definition) is 2. The highest BCUT2D eigenvalue weighted by molar-refractivity contribution is 8.00. The lowest BCUT2D eigenvalue weighted by molar-refractivity contribution is -0.118. The Morgan fingerprint density at radius 3 is 2.80 bits per heavy atom. The third-order valence-electron chi connectivity index (χ3n) is 2.79. The summed E-state index contributed by atoms with van der Waals surface area (Å²) in [5.74, 6) is 1.61. The molecule has 1 aromatic carbocycles. The second kappa shape index (κ2) is 5.36. The number of ketones is 1. The van der Waals surface area contributed by atoms with E-state index in [0.29, 0.717) is 17.5 Å². The van der Waals surface area contributed by atoms with E-state index >= 15 is 0 Å². The van der Waals surface area contributed by atoms with Gasteiger partial charge in [-0.25, -0.2) is 0 Å². The van der Waals surface area contributed by atoms with Crippen LogP contribution in [0.25, 0.3) is 0 Å². The Balaban J connectivity index is 1.80. The van der Waals surface area contributed by atoms with E-state index in [9.17, 15) is 4.79 Å². The van der Waals surface area contributed by atoms with Gasteiger partial charge in [-0.15, -0.1) is 0 Å². The van der Waals surface area contributed by atoms with Crippen LogP contribution in [0, 0.1) is 0 Å². The van der Waals surface area contributed by atoms with Crippen LogP contribution in [0.3, 0.4) is 0 Å². The molecule has 2 heteroatoms. The van der Waals surface area contributed by atoms with Gasteiger partial charge in [0.2, 0.25) is 0 Å². The highest BCUT2D eigenvalue weighted by Crippen LogP contribution is 2.27. The summed E-state index contributed by atoms with van der Waals surface area (Å²) < 4.78 is 0. The van der Waals surface area contributed by atoms with Crippen molar-refractivity contribution in [3.8, 4) is 0 Å². The zero-order valence-corrected chi connectivity index (χ0v) is 9.63. The van der Waals surface area contributed by atoms with Gasteiger partial charge < -0.3 is 0 Å². The summed E-state index contributed by atoms with van der Waals surface area (Å²) in [5.41, 5.74) is 1.27. The fourth-order valence-corrected chi connectivity index (χ4v) is 3.16. The van der Waals surface area contributed by atoms with E-state index in [1.165, 1.54) is 17.7 Å². The third-order valence-corrected chi connectivity index (χ3v) is 4.22. The zero-order chi connectivity index (χ0) is 10.5. The minimum atomic E-state index is 0.300. The van der Waals surface area contributed by atoms with E-state index in [1.807, 2.05) is 30.0 Å². The van der Waals surface area contributed by atoms with E-state index in [-0.39, 0.29) is 0 Å². The molecule has 1 heterocycles. The van der Waals surface area contributed by atoms with Crippen molar-refractivity contribution in [2.24, 2.45) is 0 Å². The largest absolute Gasteiger partial charge is 0.298 e. The smallest absolute Gasteiger partial charge is 0.146 e. The molecule has 1 saturated heterocycles. The molecule has 1 atom stereocenters. The minimum absolute atomic E-state index is 0.300. The van der Waals surface area contributed by atoms with Gasteiger partial charge in [-0.3, -0.25) is 4.79 Å². The van der Waals surface area contributed by atoms with Crippen LogP contribution in [-0.2, 0) is 11.2 Å². The molecule has 0 spiro atoms. The molecule has 1 aliphatic rings. The summed E-state index contributed by atoms with van der Waals surface area (Å²) in [7, 11) is 0. The standard InChI is InChI=1S/C13H16OS/c14-12(13-7-4-10-15-13)9-8-11-5-2-1-3-6-11/h1-3,5-6,13H,4,7-10H2. The number of hydrogen-bond donors (Lipinski definition) is 0. The molecule has 0 amide bonds. The van der Waals surface area contributed by atoms with Crippen LogP contribution in [0.4, 0.5) is 0 Å². The molecule has 1 unspecified atom stereocenters. The van der Waals surface area contributed by atoms with Crippen molar-refractivity contribution >= 4 is 17.5 Å².